The first-order valence-electron chi connectivity index (χ1n) is 8.71. The number of carbonyl (C=O) groups is 1. The lowest BCUT2D eigenvalue weighted by molar-refractivity contribution is 0.101. The van der Waals surface area contributed by atoms with Gasteiger partial charge in [0.25, 0.3) is 0 Å². The Kier molecular flexibility index (Phi) is 5.06. The monoisotopic (exact) mass is 426 g/mol. The molecule has 0 saturated heterocycles. The van der Waals surface area contributed by atoms with Gasteiger partial charge in [-0.2, -0.15) is 0 Å². The summed E-state index contributed by atoms with van der Waals surface area (Å²) in [5.41, 5.74) is 15.0. The van der Waals surface area contributed by atoms with E-state index < -0.39 is 12.0 Å². The summed E-state index contributed by atoms with van der Waals surface area (Å²) in [4.78, 5) is 12.9. The van der Waals surface area contributed by atoms with Gasteiger partial charge in [-0.3, -0.25) is 4.79 Å². The maximum atomic E-state index is 12.9. The molecule has 0 aliphatic heterocycles. The number of carbonyl (C=O) groups excluding carboxylic acids is 1. The minimum absolute atomic E-state index is 0.0208. The number of ketones is 1. The van der Waals surface area contributed by atoms with Crippen molar-refractivity contribution in [1.82, 2.24) is 0 Å². The van der Waals surface area contributed by atoms with E-state index >= 15 is 0 Å². The van der Waals surface area contributed by atoms with Gasteiger partial charge in [-0.25, -0.2) is 0 Å². The number of aliphatic hydroxyl groups excluding tert-OH is 1. The summed E-state index contributed by atoms with van der Waals surface area (Å²) in [5, 5.41) is 10.9. The molecule has 4 aromatic rings. The number of fused-ring (bicyclic) bond motifs is 1. The smallest absolute Gasteiger partial charge is 0.231 e. The van der Waals surface area contributed by atoms with Crippen molar-refractivity contribution in [2.75, 3.05) is 5.73 Å². The predicted molar refractivity (Wildman–Crippen MR) is 115 cm³/mol. The number of anilines is 1. The molecule has 1 unspecified atom stereocenters. The van der Waals surface area contributed by atoms with Crippen molar-refractivity contribution in [3.8, 4) is 11.1 Å². The zero-order valence-electron chi connectivity index (χ0n) is 15.0. The van der Waals surface area contributed by atoms with E-state index in [4.69, 9.17) is 39.1 Å². The van der Waals surface area contributed by atoms with E-state index in [1.54, 1.807) is 36.4 Å². The molecule has 5 N–H and O–H groups in total. The van der Waals surface area contributed by atoms with Crippen molar-refractivity contribution in [2.24, 2.45) is 5.73 Å². The van der Waals surface area contributed by atoms with Crippen LogP contribution in [0.1, 0.15) is 27.9 Å². The van der Waals surface area contributed by atoms with E-state index in [9.17, 15) is 9.90 Å². The Morgan fingerprint density at radius 3 is 2.48 bits per heavy atom. The lowest BCUT2D eigenvalue weighted by atomic mass is 10.0. The molecule has 146 valence electrons. The third-order valence-electron chi connectivity index (χ3n) is 4.67. The SMILES string of the molecule is Nc1c(C(=O)c2ccc(Cl)cc2Cl)oc2cc(-c3cccc(C(N)O)c3)ccc12. The molecule has 0 spiro atoms. The van der Waals surface area contributed by atoms with E-state index in [2.05, 4.69) is 0 Å². The van der Waals surface area contributed by atoms with Crippen LogP contribution in [0.2, 0.25) is 10.0 Å². The van der Waals surface area contributed by atoms with Crippen molar-refractivity contribution in [3.63, 3.8) is 0 Å². The number of benzene rings is 3. The van der Waals surface area contributed by atoms with Crippen LogP contribution in [0.4, 0.5) is 5.69 Å². The molecule has 0 aliphatic carbocycles. The molecule has 0 amide bonds. The summed E-state index contributed by atoms with van der Waals surface area (Å²) in [7, 11) is 0. The summed E-state index contributed by atoms with van der Waals surface area (Å²) in [6.07, 6.45) is -1.06. The fourth-order valence-corrected chi connectivity index (χ4v) is 3.66. The Bertz CT molecular complexity index is 1250. The minimum Gasteiger partial charge on any atom is -0.450 e. The van der Waals surface area contributed by atoms with Gasteiger partial charge in [-0.1, -0.05) is 47.5 Å². The van der Waals surface area contributed by atoms with E-state index in [1.807, 2.05) is 12.1 Å². The first-order chi connectivity index (χ1) is 13.8. The van der Waals surface area contributed by atoms with Crippen LogP contribution >= 0.6 is 23.2 Å². The van der Waals surface area contributed by atoms with Crippen LogP contribution in [0.3, 0.4) is 0 Å². The fraction of sp³-hybridized carbons (Fsp3) is 0.0455. The summed E-state index contributed by atoms with van der Waals surface area (Å²) in [6.45, 7) is 0. The topological polar surface area (TPSA) is 102 Å². The molecule has 1 atom stereocenters. The van der Waals surface area contributed by atoms with Gasteiger partial charge in [0.1, 0.15) is 11.8 Å². The van der Waals surface area contributed by atoms with Crippen molar-refractivity contribution >= 4 is 45.6 Å². The molecule has 0 aliphatic rings. The van der Waals surface area contributed by atoms with Crippen molar-refractivity contribution in [2.45, 2.75) is 6.23 Å². The quantitative estimate of drug-likeness (QED) is 0.308. The molecule has 1 heterocycles. The van der Waals surface area contributed by atoms with Crippen LogP contribution in [0.25, 0.3) is 22.1 Å². The third kappa shape index (κ3) is 3.61. The Morgan fingerprint density at radius 1 is 1.00 bits per heavy atom. The van der Waals surface area contributed by atoms with Crippen LogP contribution in [0.15, 0.2) is 65.1 Å². The second-order valence-corrected chi connectivity index (χ2v) is 7.42. The summed E-state index contributed by atoms with van der Waals surface area (Å²) < 4.78 is 5.80. The van der Waals surface area contributed by atoms with Crippen LogP contribution in [0, 0.1) is 0 Å². The van der Waals surface area contributed by atoms with Crippen molar-refractivity contribution in [3.05, 3.63) is 87.6 Å². The van der Waals surface area contributed by atoms with Gasteiger partial charge in [-0.15, -0.1) is 0 Å². The molecule has 0 saturated carbocycles. The van der Waals surface area contributed by atoms with Crippen molar-refractivity contribution in [1.29, 1.82) is 0 Å². The highest BCUT2D eigenvalue weighted by Crippen LogP contribution is 2.35. The highest BCUT2D eigenvalue weighted by molar-refractivity contribution is 6.37. The molecular formula is C22H16Cl2N2O3. The number of aliphatic hydroxyl groups is 1. The van der Waals surface area contributed by atoms with Crippen molar-refractivity contribution < 1.29 is 14.3 Å². The van der Waals surface area contributed by atoms with Crippen LogP contribution in [-0.4, -0.2) is 10.9 Å². The average molecular weight is 427 g/mol. The normalized spacial score (nSPS) is 12.3. The number of nitrogen functional groups attached to an aromatic ring is 1. The Morgan fingerprint density at radius 2 is 1.76 bits per heavy atom. The first kappa shape index (κ1) is 19.5. The first-order valence-corrected chi connectivity index (χ1v) is 9.46. The zero-order valence-corrected chi connectivity index (χ0v) is 16.5. The van der Waals surface area contributed by atoms with Gasteiger partial charge >= 0.3 is 0 Å². The number of hydrogen-bond acceptors (Lipinski definition) is 5. The minimum atomic E-state index is -1.06. The van der Waals surface area contributed by atoms with Crippen LogP contribution in [-0.2, 0) is 0 Å². The number of furan rings is 1. The van der Waals surface area contributed by atoms with Gasteiger partial charge in [0.2, 0.25) is 5.78 Å². The van der Waals surface area contributed by atoms with Gasteiger partial charge in [-0.05, 0) is 53.1 Å². The van der Waals surface area contributed by atoms with Gasteiger partial charge in [0.15, 0.2) is 5.76 Å². The largest absolute Gasteiger partial charge is 0.450 e. The lowest BCUT2D eigenvalue weighted by Gasteiger charge is -2.07. The summed E-state index contributed by atoms with van der Waals surface area (Å²) in [5.74, 6) is -0.400. The summed E-state index contributed by atoms with van der Waals surface area (Å²) in [6, 6.07) is 17.3. The number of rotatable bonds is 4. The molecule has 4 rings (SSSR count). The third-order valence-corrected chi connectivity index (χ3v) is 5.22. The molecular weight excluding hydrogens is 411 g/mol. The van der Waals surface area contributed by atoms with E-state index in [0.717, 1.165) is 11.1 Å². The molecule has 0 bridgehead atoms. The van der Waals surface area contributed by atoms with E-state index in [0.29, 0.717) is 21.6 Å². The molecule has 1 aromatic heterocycles. The molecule has 29 heavy (non-hydrogen) atoms. The van der Waals surface area contributed by atoms with Gasteiger partial charge in [0, 0.05) is 16.0 Å². The zero-order chi connectivity index (χ0) is 20.7. The molecule has 7 heteroatoms. The van der Waals surface area contributed by atoms with E-state index in [-0.39, 0.29) is 22.0 Å². The van der Waals surface area contributed by atoms with Gasteiger partial charge in [0.05, 0.1) is 10.7 Å². The highest BCUT2D eigenvalue weighted by atomic mass is 35.5. The standard InChI is InChI=1S/C22H16Cl2N2O3/c23-14-5-7-15(17(24)10-14)20(27)21-19(25)16-6-4-12(9-18(16)29-21)11-2-1-3-13(8-11)22(26)28/h1-10,22,28H,25-26H2. The number of halogens is 2. The fourth-order valence-electron chi connectivity index (χ4n) is 3.16. The summed E-state index contributed by atoms with van der Waals surface area (Å²) >= 11 is 12.1. The maximum absolute atomic E-state index is 12.9. The Hall–Kier alpha value is -2.83. The Labute approximate surface area is 176 Å². The lowest BCUT2D eigenvalue weighted by Crippen LogP contribution is -2.08. The maximum Gasteiger partial charge on any atom is 0.231 e. The van der Waals surface area contributed by atoms with Gasteiger partial charge < -0.3 is 21.0 Å². The molecule has 0 fully saturated rings. The highest BCUT2D eigenvalue weighted by Gasteiger charge is 2.22. The Balaban J connectivity index is 1.78. The van der Waals surface area contributed by atoms with Crippen LogP contribution in [0.5, 0.6) is 0 Å². The van der Waals surface area contributed by atoms with Crippen LogP contribution < -0.4 is 11.5 Å². The second kappa shape index (κ2) is 7.54. The number of hydrogen-bond donors (Lipinski definition) is 3. The predicted octanol–water partition coefficient (Wildman–Crippen LogP) is 5.17. The molecule has 5 nitrogen and oxygen atoms in total. The average Bonchev–Trinajstić information content (AvgIpc) is 3.03. The number of nitrogens with two attached hydrogens (primary N) is 2. The van der Waals surface area contributed by atoms with E-state index in [1.165, 1.54) is 12.1 Å². The molecule has 3 aromatic carbocycles. The second-order valence-electron chi connectivity index (χ2n) is 6.58. The molecule has 0 radical (unpaired) electrons.